The minimum absolute atomic E-state index is 0.0286. The maximum absolute atomic E-state index is 13.5. The Morgan fingerprint density at radius 3 is 2.61 bits per heavy atom. The maximum Gasteiger partial charge on any atom is 0.221 e. The van der Waals surface area contributed by atoms with Crippen molar-refractivity contribution in [1.29, 1.82) is 0 Å². The van der Waals surface area contributed by atoms with Crippen LogP contribution < -0.4 is 10.6 Å². The van der Waals surface area contributed by atoms with Crippen LogP contribution in [0.25, 0.3) is 0 Å². The van der Waals surface area contributed by atoms with Gasteiger partial charge in [0, 0.05) is 25.2 Å². The lowest BCUT2D eigenvalue weighted by Gasteiger charge is -2.11. The number of nitrogens with one attached hydrogen (secondary N) is 2. The zero-order valence-electron chi connectivity index (χ0n) is 13.7. The molecule has 0 fully saturated rings. The third kappa shape index (κ3) is 5.09. The van der Waals surface area contributed by atoms with Crippen LogP contribution in [0.15, 0.2) is 42.5 Å². The summed E-state index contributed by atoms with van der Waals surface area (Å²) in [5.74, 6) is -0.252. The van der Waals surface area contributed by atoms with E-state index in [0.717, 1.165) is 5.69 Å². The molecule has 0 aliphatic rings. The van der Waals surface area contributed by atoms with Gasteiger partial charge in [-0.2, -0.15) is 0 Å². The van der Waals surface area contributed by atoms with Crippen LogP contribution in [0.4, 0.5) is 10.1 Å². The highest BCUT2D eigenvalue weighted by atomic mass is 19.1. The minimum atomic E-state index is -0.224. The average molecular weight is 314 g/mol. The third-order valence-corrected chi connectivity index (χ3v) is 3.95. The number of amides is 1. The van der Waals surface area contributed by atoms with Crippen molar-refractivity contribution >= 4 is 11.6 Å². The smallest absolute Gasteiger partial charge is 0.221 e. The fourth-order valence-electron chi connectivity index (χ4n) is 2.38. The number of hydrogen-bond acceptors (Lipinski definition) is 2. The van der Waals surface area contributed by atoms with Gasteiger partial charge in [-0.3, -0.25) is 4.79 Å². The number of halogens is 1. The zero-order valence-corrected chi connectivity index (χ0v) is 13.7. The standard InChI is InChI=1S/C19H23FN2O/c1-14-6-5-9-18(15(14)2)21-13-11-19(23)22-12-10-16-7-3-4-8-17(16)20/h3-9,21H,10-13H2,1-2H3,(H,22,23). The largest absolute Gasteiger partial charge is 0.384 e. The number of benzene rings is 2. The number of hydrogen-bond donors (Lipinski definition) is 2. The minimum Gasteiger partial charge on any atom is -0.384 e. The molecular weight excluding hydrogens is 291 g/mol. The molecular formula is C19H23FN2O. The predicted molar refractivity (Wildman–Crippen MR) is 92.1 cm³/mol. The van der Waals surface area contributed by atoms with Gasteiger partial charge < -0.3 is 10.6 Å². The average Bonchev–Trinajstić information content (AvgIpc) is 2.53. The first kappa shape index (κ1) is 17.0. The molecule has 0 aliphatic heterocycles. The molecule has 0 bridgehead atoms. The highest BCUT2D eigenvalue weighted by molar-refractivity contribution is 5.76. The normalized spacial score (nSPS) is 10.4. The molecule has 2 N–H and O–H groups in total. The van der Waals surface area contributed by atoms with Crippen molar-refractivity contribution in [1.82, 2.24) is 5.32 Å². The summed E-state index contributed by atoms with van der Waals surface area (Å²) in [6.07, 6.45) is 0.896. The molecule has 23 heavy (non-hydrogen) atoms. The quantitative estimate of drug-likeness (QED) is 0.820. The van der Waals surface area contributed by atoms with Crippen molar-refractivity contribution in [3.63, 3.8) is 0 Å². The van der Waals surface area contributed by atoms with Gasteiger partial charge in [0.25, 0.3) is 0 Å². The van der Waals surface area contributed by atoms with Gasteiger partial charge in [0.1, 0.15) is 5.82 Å². The van der Waals surface area contributed by atoms with E-state index < -0.39 is 0 Å². The Balaban J connectivity index is 1.69. The van der Waals surface area contributed by atoms with Crippen molar-refractivity contribution in [3.05, 3.63) is 65.0 Å². The molecule has 2 rings (SSSR count). The molecule has 2 aromatic carbocycles. The lowest BCUT2D eigenvalue weighted by Crippen LogP contribution is -2.27. The summed E-state index contributed by atoms with van der Waals surface area (Å²) in [6, 6.07) is 12.7. The van der Waals surface area contributed by atoms with E-state index in [-0.39, 0.29) is 11.7 Å². The molecule has 0 radical (unpaired) electrons. The van der Waals surface area contributed by atoms with Gasteiger partial charge in [0.15, 0.2) is 0 Å². The van der Waals surface area contributed by atoms with Crippen LogP contribution in [-0.2, 0) is 11.2 Å². The van der Waals surface area contributed by atoms with Crippen molar-refractivity contribution in [2.75, 3.05) is 18.4 Å². The molecule has 0 unspecified atom stereocenters. The second-order valence-corrected chi connectivity index (χ2v) is 5.62. The second kappa shape index (κ2) is 8.32. The zero-order chi connectivity index (χ0) is 16.7. The van der Waals surface area contributed by atoms with E-state index in [4.69, 9.17) is 0 Å². The first-order valence-corrected chi connectivity index (χ1v) is 7.88. The molecule has 0 heterocycles. The number of anilines is 1. The van der Waals surface area contributed by atoms with E-state index in [9.17, 15) is 9.18 Å². The fraction of sp³-hybridized carbons (Fsp3) is 0.316. The van der Waals surface area contributed by atoms with E-state index >= 15 is 0 Å². The Morgan fingerprint density at radius 1 is 1.04 bits per heavy atom. The molecule has 4 heteroatoms. The molecule has 122 valence electrons. The van der Waals surface area contributed by atoms with E-state index in [0.29, 0.717) is 31.5 Å². The topological polar surface area (TPSA) is 41.1 Å². The van der Waals surface area contributed by atoms with Crippen LogP contribution in [-0.4, -0.2) is 19.0 Å². The Bertz CT molecular complexity index is 670. The summed E-state index contributed by atoms with van der Waals surface area (Å²) < 4.78 is 13.5. The number of carbonyl (C=O) groups is 1. The van der Waals surface area contributed by atoms with Gasteiger partial charge in [-0.1, -0.05) is 30.3 Å². The van der Waals surface area contributed by atoms with Crippen LogP contribution in [0.3, 0.4) is 0 Å². The van der Waals surface area contributed by atoms with Crippen LogP contribution in [0.2, 0.25) is 0 Å². The molecule has 0 aromatic heterocycles. The van der Waals surface area contributed by atoms with Gasteiger partial charge >= 0.3 is 0 Å². The van der Waals surface area contributed by atoms with E-state index in [1.54, 1.807) is 18.2 Å². The molecule has 0 spiro atoms. The van der Waals surface area contributed by atoms with Crippen LogP contribution in [0.5, 0.6) is 0 Å². The van der Waals surface area contributed by atoms with Gasteiger partial charge in [-0.15, -0.1) is 0 Å². The van der Waals surface area contributed by atoms with Gasteiger partial charge in [-0.05, 0) is 49.1 Å². The molecule has 0 saturated carbocycles. The maximum atomic E-state index is 13.5. The van der Waals surface area contributed by atoms with Crippen LogP contribution in [0.1, 0.15) is 23.1 Å². The van der Waals surface area contributed by atoms with Crippen LogP contribution >= 0.6 is 0 Å². The van der Waals surface area contributed by atoms with Gasteiger partial charge in [-0.25, -0.2) is 4.39 Å². The summed E-state index contributed by atoms with van der Waals surface area (Å²) in [7, 11) is 0. The van der Waals surface area contributed by atoms with Gasteiger partial charge in [0.05, 0.1) is 0 Å². The Hall–Kier alpha value is -2.36. The van der Waals surface area contributed by atoms with E-state index in [1.165, 1.54) is 17.2 Å². The summed E-state index contributed by atoms with van der Waals surface area (Å²) >= 11 is 0. The lowest BCUT2D eigenvalue weighted by molar-refractivity contribution is -0.120. The monoisotopic (exact) mass is 314 g/mol. The van der Waals surface area contributed by atoms with Gasteiger partial charge in [0.2, 0.25) is 5.91 Å². The Labute approximate surface area is 136 Å². The summed E-state index contributed by atoms with van der Waals surface area (Å²) in [5, 5.41) is 6.11. The third-order valence-electron chi connectivity index (χ3n) is 3.95. The van der Waals surface area contributed by atoms with Crippen molar-refractivity contribution < 1.29 is 9.18 Å². The van der Waals surface area contributed by atoms with Crippen molar-refractivity contribution in [3.8, 4) is 0 Å². The molecule has 1 amide bonds. The summed E-state index contributed by atoms with van der Waals surface area (Å²) in [4.78, 5) is 11.8. The summed E-state index contributed by atoms with van der Waals surface area (Å²) in [5.41, 5.74) is 4.11. The highest BCUT2D eigenvalue weighted by Crippen LogP contribution is 2.17. The summed E-state index contributed by atoms with van der Waals surface area (Å²) in [6.45, 7) is 5.15. The highest BCUT2D eigenvalue weighted by Gasteiger charge is 2.04. The van der Waals surface area contributed by atoms with Crippen LogP contribution in [0, 0.1) is 19.7 Å². The molecule has 0 saturated heterocycles. The van der Waals surface area contributed by atoms with E-state index in [1.807, 2.05) is 12.1 Å². The number of carbonyl (C=O) groups excluding carboxylic acids is 1. The number of aryl methyl sites for hydroxylation is 1. The number of rotatable bonds is 7. The first-order chi connectivity index (χ1) is 11.1. The molecule has 0 atom stereocenters. The predicted octanol–water partition coefficient (Wildman–Crippen LogP) is 3.60. The second-order valence-electron chi connectivity index (χ2n) is 5.62. The van der Waals surface area contributed by atoms with E-state index in [2.05, 4.69) is 30.5 Å². The SMILES string of the molecule is Cc1cccc(NCCC(=O)NCCc2ccccc2F)c1C. The lowest BCUT2D eigenvalue weighted by atomic mass is 10.1. The fourth-order valence-corrected chi connectivity index (χ4v) is 2.38. The van der Waals surface area contributed by atoms with Crippen molar-refractivity contribution in [2.45, 2.75) is 26.7 Å². The Kier molecular flexibility index (Phi) is 6.15. The molecule has 3 nitrogen and oxygen atoms in total. The first-order valence-electron chi connectivity index (χ1n) is 7.88. The van der Waals surface area contributed by atoms with Crippen molar-refractivity contribution in [2.24, 2.45) is 0 Å². The Morgan fingerprint density at radius 2 is 1.83 bits per heavy atom. The molecule has 2 aromatic rings. The molecule has 0 aliphatic carbocycles.